The number of halogens is 1. The van der Waals surface area contributed by atoms with Gasteiger partial charge < -0.3 is 23.7 Å². The number of likely N-dealkylation sites (N-methyl/N-ethyl adjacent to an activating group) is 1. The van der Waals surface area contributed by atoms with Crippen molar-refractivity contribution in [1.82, 2.24) is 9.80 Å². The Morgan fingerprint density at radius 2 is 1.63 bits per heavy atom. The molecule has 0 atom stereocenters. The molecule has 7 nitrogen and oxygen atoms in total. The van der Waals surface area contributed by atoms with Crippen LogP contribution in [0.2, 0.25) is 23.2 Å². The molecule has 2 aromatic carbocycles. The summed E-state index contributed by atoms with van der Waals surface area (Å²) >= 11 is 6.43. The number of amides is 2. The van der Waals surface area contributed by atoms with Gasteiger partial charge in [-0.25, -0.2) is 4.79 Å². The van der Waals surface area contributed by atoms with Gasteiger partial charge in [0.05, 0.1) is 13.2 Å². The SMILES string of the molecule is CCN(Cc1ccccc1Cl)C(=O)C1=C(c2ccc(OCCO[Si](C)(C)C(C)(C)C)cc2)CCN(C(=O)OC(C)(C)C)C1. The molecule has 0 spiro atoms. The van der Waals surface area contributed by atoms with Gasteiger partial charge in [0.1, 0.15) is 18.0 Å². The standard InChI is InChI=1S/C34H49ClN2O5Si/c1-10-36(23-26-13-11-12-14-30(26)35)31(38)29-24-37(32(39)42-33(2,3)4)20-19-28(29)25-15-17-27(18-16-25)40-21-22-41-43(8,9)34(5,6)7/h11-18H,10,19-24H2,1-9H3. The van der Waals surface area contributed by atoms with Gasteiger partial charge in [0.25, 0.3) is 5.91 Å². The third-order valence-corrected chi connectivity index (χ3v) is 13.0. The summed E-state index contributed by atoms with van der Waals surface area (Å²) in [5.41, 5.74) is 2.69. The van der Waals surface area contributed by atoms with Crippen molar-refractivity contribution in [3.05, 3.63) is 70.3 Å². The van der Waals surface area contributed by atoms with Crippen molar-refractivity contribution in [2.75, 3.05) is 32.8 Å². The minimum atomic E-state index is -1.83. The number of hydrogen-bond donors (Lipinski definition) is 0. The van der Waals surface area contributed by atoms with Crippen molar-refractivity contribution in [3.63, 3.8) is 0 Å². The van der Waals surface area contributed by atoms with Crippen LogP contribution in [0.25, 0.3) is 5.57 Å². The van der Waals surface area contributed by atoms with E-state index in [0.29, 0.717) is 49.9 Å². The Hall–Kier alpha value is -2.81. The van der Waals surface area contributed by atoms with E-state index in [1.807, 2.05) is 76.2 Å². The van der Waals surface area contributed by atoms with Crippen LogP contribution in [0, 0.1) is 0 Å². The van der Waals surface area contributed by atoms with Gasteiger partial charge in [-0.2, -0.15) is 0 Å². The second-order valence-corrected chi connectivity index (χ2v) is 18.7. The van der Waals surface area contributed by atoms with Gasteiger partial charge in [-0.15, -0.1) is 0 Å². The van der Waals surface area contributed by atoms with E-state index < -0.39 is 20.0 Å². The maximum Gasteiger partial charge on any atom is 0.410 e. The van der Waals surface area contributed by atoms with Crippen LogP contribution in [0.5, 0.6) is 5.75 Å². The molecule has 0 radical (unpaired) electrons. The van der Waals surface area contributed by atoms with E-state index in [2.05, 4.69) is 33.9 Å². The molecule has 43 heavy (non-hydrogen) atoms. The van der Waals surface area contributed by atoms with E-state index in [-0.39, 0.29) is 17.5 Å². The molecule has 1 aliphatic rings. The van der Waals surface area contributed by atoms with Crippen molar-refractivity contribution in [1.29, 1.82) is 0 Å². The third kappa shape index (κ3) is 9.59. The number of hydrogen-bond acceptors (Lipinski definition) is 5. The van der Waals surface area contributed by atoms with E-state index in [0.717, 1.165) is 22.4 Å². The summed E-state index contributed by atoms with van der Waals surface area (Å²) in [6.45, 7) is 21.1. The summed E-state index contributed by atoms with van der Waals surface area (Å²) in [5.74, 6) is 0.630. The first-order valence-corrected chi connectivity index (χ1v) is 18.4. The van der Waals surface area contributed by atoms with Crippen molar-refractivity contribution in [2.24, 2.45) is 0 Å². The predicted molar refractivity (Wildman–Crippen MR) is 177 cm³/mol. The monoisotopic (exact) mass is 628 g/mol. The van der Waals surface area contributed by atoms with E-state index in [1.165, 1.54) is 0 Å². The molecule has 2 amide bonds. The maximum absolute atomic E-state index is 14.1. The second-order valence-electron chi connectivity index (χ2n) is 13.5. The summed E-state index contributed by atoms with van der Waals surface area (Å²) in [6, 6.07) is 15.4. The minimum absolute atomic E-state index is 0.117. The average Bonchev–Trinajstić information content (AvgIpc) is 2.93. The van der Waals surface area contributed by atoms with Gasteiger partial charge in [-0.1, -0.05) is 62.7 Å². The number of carbonyl (C=O) groups excluding carboxylic acids is 2. The Labute approximate surface area is 264 Å². The highest BCUT2D eigenvalue weighted by Crippen LogP contribution is 2.36. The Bertz CT molecular complexity index is 1300. The first kappa shape index (κ1) is 34.7. The van der Waals surface area contributed by atoms with Gasteiger partial charge in [-0.3, -0.25) is 4.79 Å². The van der Waals surface area contributed by atoms with Crippen LogP contribution in [-0.4, -0.2) is 68.6 Å². The molecule has 9 heteroatoms. The van der Waals surface area contributed by atoms with Crippen molar-refractivity contribution >= 4 is 37.5 Å². The molecule has 0 unspecified atom stereocenters. The Morgan fingerprint density at radius 1 is 0.977 bits per heavy atom. The Kier molecular flexibility index (Phi) is 11.5. The zero-order chi connectivity index (χ0) is 32.0. The molecule has 1 heterocycles. The van der Waals surface area contributed by atoms with Gasteiger partial charge >= 0.3 is 6.09 Å². The molecule has 0 aliphatic carbocycles. The Balaban J connectivity index is 1.83. The maximum atomic E-state index is 14.1. The second kappa shape index (κ2) is 14.3. The van der Waals surface area contributed by atoms with Crippen LogP contribution >= 0.6 is 11.6 Å². The van der Waals surface area contributed by atoms with Gasteiger partial charge in [-0.05, 0) is 87.1 Å². The van der Waals surface area contributed by atoms with Gasteiger partial charge in [0, 0.05) is 30.2 Å². The van der Waals surface area contributed by atoms with E-state index in [1.54, 1.807) is 9.80 Å². The minimum Gasteiger partial charge on any atom is -0.491 e. The molecule has 0 aromatic heterocycles. The van der Waals surface area contributed by atoms with Crippen LogP contribution in [0.1, 0.15) is 66.0 Å². The first-order valence-electron chi connectivity index (χ1n) is 15.1. The fraction of sp³-hybridized carbons (Fsp3) is 0.529. The highest BCUT2D eigenvalue weighted by atomic mass is 35.5. The largest absolute Gasteiger partial charge is 0.491 e. The average molecular weight is 629 g/mol. The lowest BCUT2D eigenvalue weighted by Crippen LogP contribution is -2.44. The predicted octanol–water partition coefficient (Wildman–Crippen LogP) is 8.18. The lowest BCUT2D eigenvalue weighted by Gasteiger charge is -2.36. The smallest absolute Gasteiger partial charge is 0.410 e. The van der Waals surface area contributed by atoms with Crippen LogP contribution in [0.4, 0.5) is 4.79 Å². The van der Waals surface area contributed by atoms with Gasteiger partial charge in [0.2, 0.25) is 0 Å². The highest BCUT2D eigenvalue weighted by Gasteiger charge is 2.37. The number of rotatable bonds is 10. The summed E-state index contributed by atoms with van der Waals surface area (Å²) in [4.78, 5) is 30.5. The summed E-state index contributed by atoms with van der Waals surface area (Å²) < 4.78 is 17.9. The molecule has 0 N–H and O–H groups in total. The van der Waals surface area contributed by atoms with E-state index >= 15 is 0 Å². The zero-order valence-electron chi connectivity index (χ0n) is 27.4. The molecule has 0 saturated heterocycles. The fourth-order valence-electron chi connectivity index (χ4n) is 4.54. The number of nitrogens with zero attached hydrogens (tertiary/aromatic N) is 2. The third-order valence-electron chi connectivity index (χ3n) is 8.07. The first-order chi connectivity index (χ1) is 20.0. The molecule has 1 aliphatic heterocycles. The molecule has 236 valence electrons. The molecular weight excluding hydrogens is 580 g/mol. The summed E-state index contributed by atoms with van der Waals surface area (Å²) in [7, 11) is -1.83. The van der Waals surface area contributed by atoms with Crippen molar-refractivity contribution < 1.29 is 23.5 Å². The summed E-state index contributed by atoms with van der Waals surface area (Å²) in [5, 5.41) is 0.768. The van der Waals surface area contributed by atoms with Crippen LogP contribution < -0.4 is 4.74 Å². The number of ether oxygens (including phenoxy) is 2. The number of benzene rings is 2. The van der Waals surface area contributed by atoms with E-state index in [9.17, 15) is 9.59 Å². The van der Waals surface area contributed by atoms with Crippen LogP contribution in [0.15, 0.2) is 54.1 Å². The lowest BCUT2D eigenvalue weighted by atomic mass is 9.92. The molecule has 0 fully saturated rings. The topological polar surface area (TPSA) is 68.3 Å². The van der Waals surface area contributed by atoms with Gasteiger partial charge in [0.15, 0.2) is 8.32 Å². The molecule has 0 saturated carbocycles. The van der Waals surface area contributed by atoms with Crippen LogP contribution in [0.3, 0.4) is 0 Å². The normalized spacial score (nSPS) is 14.5. The van der Waals surface area contributed by atoms with Crippen LogP contribution in [-0.2, 0) is 20.5 Å². The summed E-state index contributed by atoms with van der Waals surface area (Å²) in [6.07, 6.45) is 0.111. The quantitative estimate of drug-likeness (QED) is 0.196. The highest BCUT2D eigenvalue weighted by molar-refractivity contribution is 6.74. The number of carbonyl (C=O) groups is 2. The van der Waals surface area contributed by atoms with Crippen molar-refractivity contribution in [3.8, 4) is 5.75 Å². The Morgan fingerprint density at radius 3 is 2.21 bits per heavy atom. The molecule has 2 aromatic rings. The fourth-order valence-corrected chi connectivity index (χ4v) is 5.76. The zero-order valence-corrected chi connectivity index (χ0v) is 29.1. The molecule has 0 bridgehead atoms. The van der Waals surface area contributed by atoms with E-state index in [4.69, 9.17) is 25.5 Å². The lowest BCUT2D eigenvalue weighted by molar-refractivity contribution is -0.127. The molecule has 3 rings (SSSR count). The van der Waals surface area contributed by atoms with Crippen molar-refractivity contribution in [2.45, 2.75) is 85.2 Å². The molecular formula is C34H49ClN2O5Si.